The molecule has 0 bridgehead atoms. The summed E-state index contributed by atoms with van der Waals surface area (Å²) in [6.45, 7) is 6.59. The van der Waals surface area contributed by atoms with Crippen molar-refractivity contribution in [3.63, 3.8) is 0 Å². The molecule has 0 saturated heterocycles. The number of ether oxygens (including phenoxy) is 2. The summed E-state index contributed by atoms with van der Waals surface area (Å²) in [5, 5.41) is 20.3. The fourth-order valence-corrected chi connectivity index (χ4v) is 0.700. The van der Waals surface area contributed by atoms with Gasteiger partial charge in [-0.05, 0) is 13.8 Å². The second-order valence-electron chi connectivity index (χ2n) is 3.01. The summed E-state index contributed by atoms with van der Waals surface area (Å²) < 4.78 is 8.87. The van der Waals surface area contributed by atoms with Crippen molar-refractivity contribution < 1.29 is 29.3 Å². The molecule has 0 aromatic rings. The van der Waals surface area contributed by atoms with Crippen LogP contribution in [-0.2, 0) is 19.1 Å². The number of rotatable bonds is 4. The van der Waals surface area contributed by atoms with Crippen LogP contribution < -0.4 is 10.2 Å². The standard InChI is InChI=1S/2C6H10O3.Mg/c2*1-3-9-6(8)4-5(2)7;/h2*4,7H,3H2,1-2H3;/q;;+2/p-2/b2*5-4-;. The second kappa shape index (κ2) is 14.8. The monoisotopic (exact) mass is 282 g/mol. The van der Waals surface area contributed by atoms with Gasteiger partial charge < -0.3 is 19.7 Å². The van der Waals surface area contributed by atoms with E-state index in [0.29, 0.717) is 13.2 Å². The van der Waals surface area contributed by atoms with Crippen molar-refractivity contribution >= 4 is 35.0 Å². The Bertz CT molecular complexity index is 282. The first-order chi connectivity index (χ1) is 8.33. The summed E-state index contributed by atoms with van der Waals surface area (Å²) in [4.78, 5) is 20.7. The van der Waals surface area contributed by atoms with Crippen molar-refractivity contribution in [1.29, 1.82) is 0 Å². The summed E-state index contributed by atoms with van der Waals surface area (Å²) in [5.41, 5.74) is 0. The van der Waals surface area contributed by atoms with Gasteiger partial charge in [0.05, 0.1) is 13.2 Å². The molecular formula is C12H18MgO6. The first kappa shape index (κ1) is 22.9. The Balaban J connectivity index is -0.000000256. The van der Waals surface area contributed by atoms with Crippen molar-refractivity contribution in [1.82, 2.24) is 0 Å². The van der Waals surface area contributed by atoms with E-state index in [-0.39, 0.29) is 34.6 Å². The third-order valence-electron chi connectivity index (χ3n) is 1.22. The van der Waals surface area contributed by atoms with E-state index in [9.17, 15) is 19.8 Å². The molecule has 0 saturated carbocycles. The average molecular weight is 283 g/mol. The van der Waals surface area contributed by atoms with E-state index in [1.54, 1.807) is 13.8 Å². The maximum absolute atomic E-state index is 10.4. The Labute approximate surface area is 129 Å². The predicted octanol–water partition coefficient (Wildman–Crippen LogP) is -0.754. The topological polar surface area (TPSA) is 98.7 Å². The van der Waals surface area contributed by atoms with Crippen LogP contribution in [0.25, 0.3) is 0 Å². The van der Waals surface area contributed by atoms with Gasteiger partial charge in [0.15, 0.2) is 0 Å². The Morgan fingerprint density at radius 2 is 1.16 bits per heavy atom. The Kier molecular flexibility index (Phi) is 17.9. The van der Waals surface area contributed by atoms with Gasteiger partial charge in [0.25, 0.3) is 0 Å². The fraction of sp³-hybridized carbons (Fsp3) is 0.500. The molecule has 6 nitrogen and oxygen atoms in total. The first-order valence-corrected chi connectivity index (χ1v) is 5.37. The fourth-order valence-electron chi connectivity index (χ4n) is 0.700. The molecule has 0 aliphatic carbocycles. The van der Waals surface area contributed by atoms with E-state index in [1.807, 2.05) is 0 Å². The molecule has 0 atom stereocenters. The van der Waals surface area contributed by atoms with Crippen LogP contribution in [0.1, 0.15) is 27.7 Å². The van der Waals surface area contributed by atoms with Crippen LogP contribution in [0.5, 0.6) is 0 Å². The zero-order valence-corrected chi connectivity index (χ0v) is 13.1. The van der Waals surface area contributed by atoms with Gasteiger partial charge >= 0.3 is 35.0 Å². The molecule has 0 aromatic heterocycles. The van der Waals surface area contributed by atoms with Gasteiger partial charge in [-0.15, -0.1) is 11.5 Å². The first-order valence-electron chi connectivity index (χ1n) is 5.37. The van der Waals surface area contributed by atoms with E-state index in [0.717, 1.165) is 12.2 Å². The van der Waals surface area contributed by atoms with Gasteiger partial charge in [0.1, 0.15) is 0 Å². The summed E-state index contributed by atoms with van der Waals surface area (Å²) >= 11 is 0. The number of allylic oxidation sites excluding steroid dienone is 2. The molecular weight excluding hydrogens is 264 g/mol. The molecule has 0 amide bonds. The van der Waals surface area contributed by atoms with Crippen molar-refractivity contribution in [2.45, 2.75) is 27.7 Å². The Morgan fingerprint density at radius 3 is 1.32 bits per heavy atom. The molecule has 0 N–H and O–H groups in total. The minimum Gasteiger partial charge on any atom is -0.875 e. The molecule has 19 heavy (non-hydrogen) atoms. The number of hydrogen-bond acceptors (Lipinski definition) is 6. The van der Waals surface area contributed by atoms with Crippen LogP contribution in [0.2, 0.25) is 0 Å². The van der Waals surface area contributed by atoms with Gasteiger partial charge in [-0.3, -0.25) is 0 Å². The third-order valence-corrected chi connectivity index (χ3v) is 1.22. The largest absolute Gasteiger partial charge is 2.00 e. The Hall–Kier alpha value is -1.21. The Morgan fingerprint density at radius 1 is 0.895 bits per heavy atom. The molecule has 0 aliphatic rings. The summed E-state index contributed by atoms with van der Waals surface area (Å²) in [5.74, 6) is -1.70. The summed E-state index contributed by atoms with van der Waals surface area (Å²) in [6.07, 6.45) is 1.84. The number of carbonyl (C=O) groups is 2. The van der Waals surface area contributed by atoms with Crippen LogP contribution in [0.15, 0.2) is 23.7 Å². The van der Waals surface area contributed by atoms with E-state index < -0.39 is 11.9 Å². The van der Waals surface area contributed by atoms with E-state index in [2.05, 4.69) is 9.47 Å². The normalized spacial score (nSPS) is 10.5. The van der Waals surface area contributed by atoms with Crippen molar-refractivity contribution in [2.75, 3.05) is 13.2 Å². The average Bonchev–Trinajstić information content (AvgIpc) is 2.16. The van der Waals surface area contributed by atoms with Gasteiger partial charge in [-0.1, -0.05) is 13.8 Å². The smallest absolute Gasteiger partial charge is 0.875 e. The van der Waals surface area contributed by atoms with Gasteiger partial charge in [0.2, 0.25) is 0 Å². The SMILES string of the molecule is CCOC(=O)/C=C(/C)[O-].CCOC(=O)/C=C(/C)[O-].[Mg+2]. The van der Waals surface area contributed by atoms with Crippen LogP contribution in [0.4, 0.5) is 0 Å². The minimum atomic E-state index is -0.565. The third kappa shape index (κ3) is 22.4. The van der Waals surface area contributed by atoms with Gasteiger partial charge in [-0.2, -0.15) is 0 Å². The molecule has 0 fully saturated rings. The molecule has 104 valence electrons. The van der Waals surface area contributed by atoms with Crippen LogP contribution in [0, 0.1) is 0 Å². The molecule has 7 heteroatoms. The van der Waals surface area contributed by atoms with Crippen LogP contribution in [-0.4, -0.2) is 48.2 Å². The zero-order chi connectivity index (χ0) is 14.6. The molecule has 0 aromatic carbocycles. The second-order valence-corrected chi connectivity index (χ2v) is 3.01. The maximum Gasteiger partial charge on any atom is 2.00 e. The van der Waals surface area contributed by atoms with Crippen LogP contribution >= 0.6 is 0 Å². The predicted molar refractivity (Wildman–Crippen MR) is 66.5 cm³/mol. The van der Waals surface area contributed by atoms with E-state index in [4.69, 9.17) is 0 Å². The van der Waals surface area contributed by atoms with E-state index >= 15 is 0 Å². The molecule has 0 spiro atoms. The van der Waals surface area contributed by atoms with Crippen LogP contribution in [0.3, 0.4) is 0 Å². The molecule has 0 rings (SSSR count). The van der Waals surface area contributed by atoms with Gasteiger partial charge in [-0.25, -0.2) is 9.59 Å². The maximum atomic E-state index is 10.4. The molecule has 0 aliphatic heterocycles. The van der Waals surface area contributed by atoms with Crippen molar-refractivity contribution in [3.8, 4) is 0 Å². The van der Waals surface area contributed by atoms with Crippen molar-refractivity contribution in [3.05, 3.63) is 23.7 Å². The summed E-state index contributed by atoms with van der Waals surface area (Å²) in [7, 11) is 0. The molecule has 0 heterocycles. The number of hydrogen-bond donors (Lipinski definition) is 0. The van der Waals surface area contributed by atoms with Gasteiger partial charge in [0, 0.05) is 12.2 Å². The quantitative estimate of drug-likeness (QED) is 0.291. The summed E-state index contributed by atoms with van der Waals surface area (Å²) in [6, 6.07) is 0. The van der Waals surface area contributed by atoms with Crippen molar-refractivity contribution in [2.24, 2.45) is 0 Å². The number of carbonyl (C=O) groups excluding carboxylic acids is 2. The molecule has 0 radical (unpaired) electrons. The van der Waals surface area contributed by atoms with E-state index in [1.165, 1.54) is 13.8 Å². The zero-order valence-electron chi connectivity index (χ0n) is 11.7. The number of esters is 2. The molecule has 0 unspecified atom stereocenters. The minimum absolute atomic E-state index is 0.